The number of hydrogen-bond acceptors (Lipinski definition) is 4. The Morgan fingerprint density at radius 3 is 2.13 bits per heavy atom. The molecule has 0 radical (unpaired) electrons. The van der Waals surface area contributed by atoms with Crippen LogP contribution in [-0.2, 0) is 9.53 Å². The number of amides is 1. The molecular formula is C25H23NO4. The van der Waals surface area contributed by atoms with Crippen molar-refractivity contribution in [3.8, 4) is 0 Å². The minimum absolute atomic E-state index is 0.127. The summed E-state index contributed by atoms with van der Waals surface area (Å²) in [6.45, 7) is 5.42. The number of anilines is 1. The minimum Gasteiger partial charge on any atom is -0.452 e. The van der Waals surface area contributed by atoms with Gasteiger partial charge in [-0.25, -0.2) is 4.79 Å². The van der Waals surface area contributed by atoms with Crippen molar-refractivity contribution in [2.75, 3.05) is 11.9 Å². The third-order valence-corrected chi connectivity index (χ3v) is 4.83. The highest BCUT2D eigenvalue weighted by Gasteiger charge is 2.20. The largest absolute Gasteiger partial charge is 0.452 e. The molecule has 0 spiro atoms. The molecule has 0 atom stereocenters. The molecule has 0 aliphatic heterocycles. The lowest BCUT2D eigenvalue weighted by atomic mass is 9.98. The van der Waals surface area contributed by atoms with Gasteiger partial charge in [0.1, 0.15) is 0 Å². The SMILES string of the molecule is Cc1ccc(C(=O)c2ccccc2C(=O)OCC(=O)Nc2ccc(C)c(C)c2)cc1. The molecule has 0 unspecified atom stereocenters. The van der Waals surface area contributed by atoms with Gasteiger partial charge in [-0.05, 0) is 50.1 Å². The van der Waals surface area contributed by atoms with Crippen LogP contribution in [0.2, 0.25) is 0 Å². The van der Waals surface area contributed by atoms with E-state index in [1.165, 1.54) is 6.07 Å². The summed E-state index contributed by atoms with van der Waals surface area (Å²) in [5.41, 5.74) is 4.68. The Balaban J connectivity index is 1.68. The van der Waals surface area contributed by atoms with Crippen molar-refractivity contribution >= 4 is 23.3 Å². The molecule has 0 aromatic heterocycles. The van der Waals surface area contributed by atoms with Crippen LogP contribution in [0.15, 0.2) is 66.7 Å². The van der Waals surface area contributed by atoms with E-state index in [-0.39, 0.29) is 16.9 Å². The molecule has 5 heteroatoms. The summed E-state index contributed by atoms with van der Waals surface area (Å²) in [7, 11) is 0. The fourth-order valence-electron chi connectivity index (χ4n) is 2.94. The molecule has 0 saturated heterocycles. The first-order chi connectivity index (χ1) is 14.3. The zero-order valence-electron chi connectivity index (χ0n) is 17.2. The molecule has 152 valence electrons. The molecule has 0 saturated carbocycles. The highest BCUT2D eigenvalue weighted by Crippen LogP contribution is 2.17. The maximum absolute atomic E-state index is 12.8. The maximum atomic E-state index is 12.8. The summed E-state index contributed by atoms with van der Waals surface area (Å²) in [5.74, 6) is -1.45. The number of carbonyl (C=O) groups is 3. The lowest BCUT2D eigenvalue weighted by Crippen LogP contribution is -2.22. The van der Waals surface area contributed by atoms with Gasteiger partial charge >= 0.3 is 5.97 Å². The van der Waals surface area contributed by atoms with Crippen LogP contribution in [0.1, 0.15) is 43.0 Å². The number of esters is 1. The Morgan fingerprint density at radius 2 is 1.47 bits per heavy atom. The standard InChI is InChI=1S/C25H23NO4/c1-16-8-11-19(12-9-16)24(28)21-6-4-5-7-22(21)25(29)30-15-23(27)26-20-13-10-17(2)18(3)14-20/h4-14H,15H2,1-3H3,(H,26,27). The van der Waals surface area contributed by atoms with Crippen LogP contribution in [0, 0.1) is 20.8 Å². The van der Waals surface area contributed by atoms with Crippen molar-refractivity contribution in [3.63, 3.8) is 0 Å². The summed E-state index contributed by atoms with van der Waals surface area (Å²) in [5, 5.41) is 2.70. The number of hydrogen-bond donors (Lipinski definition) is 1. The second-order valence-corrected chi connectivity index (χ2v) is 7.16. The van der Waals surface area contributed by atoms with Gasteiger partial charge in [-0.15, -0.1) is 0 Å². The number of ether oxygens (including phenoxy) is 1. The average molecular weight is 401 g/mol. The Hall–Kier alpha value is -3.73. The summed E-state index contributed by atoms with van der Waals surface area (Å²) in [4.78, 5) is 37.6. The van der Waals surface area contributed by atoms with Crippen LogP contribution in [0.4, 0.5) is 5.69 Å². The Labute approximate surface area is 175 Å². The van der Waals surface area contributed by atoms with E-state index in [0.29, 0.717) is 11.3 Å². The molecule has 3 aromatic carbocycles. The second kappa shape index (κ2) is 9.18. The quantitative estimate of drug-likeness (QED) is 0.482. The van der Waals surface area contributed by atoms with E-state index in [1.807, 2.05) is 45.0 Å². The van der Waals surface area contributed by atoms with Gasteiger partial charge in [0.2, 0.25) is 0 Å². The molecule has 1 amide bonds. The molecule has 0 heterocycles. The van der Waals surface area contributed by atoms with E-state index >= 15 is 0 Å². The van der Waals surface area contributed by atoms with Gasteiger partial charge in [0.15, 0.2) is 12.4 Å². The summed E-state index contributed by atoms with van der Waals surface area (Å²) in [6, 6.07) is 19.1. The van der Waals surface area contributed by atoms with Gasteiger partial charge in [0, 0.05) is 16.8 Å². The number of carbonyl (C=O) groups excluding carboxylic acids is 3. The first-order valence-electron chi connectivity index (χ1n) is 9.60. The van der Waals surface area contributed by atoms with Gasteiger partial charge in [-0.3, -0.25) is 9.59 Å². The fraction of sp³-hybridized carbons (Fsp3) is 0.160. The number of nitrogens with one attached hydrogen (secondary N) is 1. The van der Waals surface area contributed by atoms with Crippen molar-refractivity contribution in [1.29, 1.82) is 0 Å². The van der Waals surface area contributed by atoms with Crippen LogP contribution < -0.4 is 5.32 Å². The second-order valence-electron chi connectivity index (χ2n) is 7.16. The molecule has 30 heavy (non-hydrogen) atoms. The highest BCUT2D eigenvalue weighted by atomic mass is 16.5. The molecule has 5 nitrogen and oxygen atoms in total. The lowest BCUT2D eigenvalue weighted by molar-refractivity contribution is -0.119. The highest BCUT2D eigenvalue weighted by molar-refractivity contribution is 6.14. The topological polar surface area (TPSA) is 72.5 Å². The third kappa shape index (κ3) is 5.00. The predicted octanol–water partition coefficient (Wildman–Crippen LogP) is 4.64. The Kier molecular flexibility index (Phi) is 6.42. The molecule has 0 fully saturated rings. The minimum atomic E-state index is -0.721. The van der Waals surface area contributed by atoms with E-state index in [4.69, 9.17) is 4.74 Å². The van der Waals surface area contributed by atoms with Crippen molar-refractivity contribution in [1.82, 2.24) is 0 Å². The van der Waals surface area contributed by atoms with E-state index in [9.17, 15) is 14.4 Å². The van der Waals surface area contributed by atoms with E-state index < -0.39 is 18.5 Å². The number of aryl methyl sites for hydroxylation is 3. The predicted molar refractivity (Wildman–Crippen MR) is 116 cm³/mol. The Morgan fingerprint density at radius 1 is 0.800 bits per heavy atom. The van der Waals surface area contributed by atoms with Gasteiger partial charge in [-0.1, -0.05) is 54.1 Å². The molecule has 3 rings (SSSR count). The third-order valence-electron chi connectivity index (χ3n) is 4.83. The van der Waals surface area contributed by atoms with Crippen molar-refractivity contribution in [3.05, 3.63) is 100 Å². The van der Waals surface area contributed by atoms with Crippen molar-refractivity contribution < 1.29 is 19.1 Å². The average Bonchev–Trinajstić information content (AvgIpc) is 2.74. The summed E-state index contributed by atoms with van der Waals surface area (Å²) < 4.78 is 5.16. The van der Waals surface area contributed by atoms with Gasteiger partial charge < -0.3 is 10.1 Å². The molecule has 0 bridgehead atoms. The first-order valence-corrected chi connectivity index (χ1v) is 9.60. The summed E-state index contributed by atoms with van der Waals surface area (Å²) >= 11 is 0. The smallest absolute Gasteiger partial charge is 0.339 e. The molecule has 1 N–H and O–H groups in total. The van der Waals surface area contributed by atoms with Gasteiger partial charge in [0.25, 0.3) is 5.91 Å². The van der Waals surface area contributed by atoms with Crippen LogP contribution in [0.25, 0.3) is 0 Å². The van der Waals surface area contributed by atoms with E-state index in [0.717, 1.165) is 16.7 Å². The summed E-state index contributed by atoms with van der Waals surface area (Å²) in [6.07, 6.45) is 0. The zero-order chi connectivity index (χ0) is 21.7. The number of rotatable bonds is 6. The van der Waals surface area contributed by atoms with E-state index in [2.05, 4.69) is 5.32 Å². The Bertz CT molecular complexity index is 1100. The zero-order valence-corrected chi connectivity index (χ0v) is 17.2. The van der Waals surface area contributed by atoms with Crippen LogP contribution in [0.5, 0.6) is 0 Å². The van der Waals surface area contributed by atoms with Crippen molar-refractivity contribution in [2.45, 2.75) is 20.8 Å². The van der Waals surface area contributed by atoms with Gasteiger partial charge in [0.05, 0.1) is 5.56 Å². The monoisotopic (exact) mass is 401 g/mol. The molecule has 0 aliphatic carbocycles. The molecular weight excluding hydrogens is 378 g/mol. The number of benzene rings is 3. The maximum Gasteiger partial charge on any atom is 0.339 e. The fourth-order valence-corrected chi connectivity index (χ4v) is 2.94. The van der Waals surface area contributed by atoms with E-state index in [1.54, 1.807) is 36.4 Å². The van der Waals surface area contributed by atoms with Crippen LogP contribution in [0.3, 0.4) is 0 Å². The van der Waals surface area contributed by atoms with Crippen LogP contribution in [-0.4, -0.2) is 24.3 Å². The van der Waals surface area contributed by atoms with Crippen LogP contribution >= 0.6 is 0 Å². The normalized spacial score (nSPS) is 10.4. The lowest BCUT2D eigenvalue weighted by Gasteiger charge is -2.10. The number of ketones is 1. The van der Waals surface area contributed by atoms with Gasteiger partial charge in [-0.2, -0.15) is 0 Å². The van der Waals surface area contributed by atoms with Crippen molar-refractivity contribution in [2.24, 2.45) is 0 Å². The molecule has 0 aliphatic rings. The first kappa shape index (κ1) is 21.0. The molecule has 3 aromatic rings.